The Kier molecular flexibility index (Phi) is 5.45. The summed E-state index contributed by atoms with van der Waals surface area (Å²) in [5.74, 6) is 0.579. The van der Waals surface area contributed by atoms with E-state index in [-0.39, 0.29) is 0 Å². The number of oxazole rings is 2. The maximum atomic E-state index is 6.57. The Hall–Kier alpha value is -5.72. The van der Waals surface area contributed by atoms with Crippen molar-refractivity contribution in [1.29, 1.82) is 0 Å². The molecule has 0 bridgehead atoms. The zero-order chi connectivity index (χ0) is 29.1. The smallest absolute Gasteiger partial charge is 0.307 e. The van der Waals surface area contributed by atoms with E-state index in [1.54, 1.807) is 0 Å². The molecular weight excluding hydrogens is 559 g/mol. The van der Waals surface area contributed by atoms with E-state index >= 15 is 0 Å². The normalized spacial score (nSPS) is 13.6. The first-order valence-electron chi connectivity index (χ1n) is 14.7. The standard InChI is InChI=1S/C38H25N3O2Si/c1-4-14-26(15-5-1)37-39-29-24-34-30(25-33(29)42-37)40-38(43-34)41-31-20-10-12-22-35(31)44(27-16-6-2-7-17-27,28-18-8-3-9-19-28)36-23-13-11-21-32(36)41/h1-25H. The molecule has 2 aromatic heterocycles. The number of anilines is 3. The molecule has 1 aliphatic rings. The van der Waals surface area contributed by atoms with Crippen LogP contribution >= 0.6 is 0 Å². The van der Waals surface area contributed by atoms with Crippen molar-refractivity contribution in [1.82, 2.24) is 9.97 Å². The third kappa shape index (κ3) is 3.58. The molecule has 0 spiro atoms. The molecule has 0 atom stereocenters. The highest BCUT2D eigenvalue weighted by molar-refractivity contribution is 7.21. The predicted molar refractivity (Wildman–Crippen MR) is 179 cm³/mol. The summed E-state index contributed by atoms with van der Waals surface area (Å²) < 4.78 is 12.7. The first-order valence-corrected chi connectivity index (χ1v) is 16.7. The highest BCUT2D eigenvalue weighted by atomic mass is 28.3. The maximum Gasteiger partial charge on any atom is 0.307 e. The summed E-state index contributed by atoms with van der Waals surface area (Å²) in [6.45, 7) is 0. The van der Waals surface area contributed by atoms with Crippen molar-refractivity contribution in [2.45, 2.75) is 0 Å². The van der Waals surface area contributed by atoms with Crippen molar-refractivity contribution in [3.05, 3.63) is 152 Å². The first-order chi connectivity index (χ1) is 21.8. The molecule has 0 saturated heterocycles. The predicted octanol–water partition coefficient (Wildman–Crippen LogP) is 6.80. The second-order valence-electron chi connectivity index (χ2n) is 11.0. The number of para-hydroxylation sites is 2. The molecule has 0 saturated carbocycles. The molecule has 9 rings (SSSR count). The molecule has 6 aromatic carbocycles. The third-order valence-electron chi connectivity index (χ3n) is 8.61. The molecular formula is C38H25N3O2Si. The van der Waals surface area contributed by atoms with E-state index in [0.29, 0.717) is 23.1 Å². The molecule has 0 radical (unpaired) electrons. The minimum absolute atomic E-state index is 0.513. The van der Waals surface area contributed by atoms with E-state index in [0.717, 1.165) is 28.0 Å². The van der Waals surface area contributed by atoms with Crippen LogP contribution in [0.4, 0.5) is 17.4 Å². The lowest BCUT2D eigenvalue weighted by molar-refractivity contribution is 0.608. The van der Waals surface area contributed by atoms with Crippen LogP contribution in [0.1, 0.15) is 0 Å². The van der Waals surface area contributed by atoms with E-state index in [4.69, 9.17) is 18.8 Å². The van der Waals surface area contributed by atoms with Gasteiger partial charge < -0.3 is 8.83 Å². The van der Waals surface area contributed by atoms with Crippen LogP contribution in [0.25, 0.3) is 33.7 Å². The van der Waals surface area contributed by atoms with Crippen molar-refractivity contribution < 1.29 is 8.83 Å². The summed E-state index contributed by atoms with van der Waals surface area (Å²) in [5, 5.41) is 5.26. The van der Waals surface area contributed by atoms with Crippen LogP contribution < -0.4 is 25.6 Å². The minimum Gasteiger partial charge on any atom is -0.436 e. The topological polar surface area (TPSA) is 55.3 Å². The largest absolute Gasteiger partial charge is 0.436 e. The van der Waals surface area contributed by atoms with Crippen LogP contribution in [0.3, 0.4) is 0 Å². The lowest BCUT2D eigenvalue weighted by Gasteiger charge is -2.43. The molecule has 3 heterocycles. The van der Waals surface area contributed by atoms with Crippen LogP contribution in [0.5, 0.6) is 0 Å². The molecule has 44 heavy (non-hydrogen) atoms. The average molecular weight is 584 g/mol. The molecule has 208 valence electrons. The second-order valence-corrected chi connectivity index (χ2v) is 14.8. The second kappa shape index (κ2) is 9.66. The van der Waals surface area contributed by atoms with Crippen molar-refractivity contribution in [2.24, 2.45) is 0 Å². The van der Waals surface area contributed by atoms with Gasteiger partial charge in [-0.25, -0.2) is 4.98 Å². The van der Waals surface area contributed by atoms with Crippen molar-refractivity contribution >= 4 is 68.4 Å². The molecule has 5 nitrogen and oxygen atoms in total. The van der Waals surface area contributed by atoms with Crippen LogP contribution in [-0.2, 0) is 0 Å². The van der Waals surface area contributed by atoms with E-state index in [9.17, 15) is 0 Å². The van der Waals surface area contributed by atoms with Gasteiger partial charge in [0, 0.05) is 17.7 Å². The summed E-state index contributed by atoms with van der Waals surface area (Å²) in [6, 6.07) is 53.6. The zero-order valence-corrected chi connectivity index (χ0v) is 24.6. The lowest BCUT2D eigenvalue weighted by Crippen LogP contribution is -2.77. The Labute approximate surface area is 254 Å². The fraction of sp³-hybridized carbons (Fsp3) is 0. The number of hydrogen-bond donors (Lipinski definition) is 0. The number of rotatable bonds is 4. The van der Waals surface area contributed by atoms with Crippen LogP contribution in [0.15, 0.2) is 160 Å². The zero-order valence-electron chi connectivity index (χ0n) is 23.6. The average Bonchev–Trinajstić information content (AvgIpc) is 3.70. The van der Waals surface area contributed by atoms with E-state index in [1.807, 2.05) is 42.5 Å². The summed E-state index contributed by atoms with van der Waals surface area (Å²) in [7, 11) is -2.69. The SMILES string of the molecule is c1ccc(-c2nc3cc4oc(N5c6ccccc6[Si](c6ccccc6)(c6ccccc6)c6ccccc65)nc4cc3o2)cc1. The van der Waals surface area contributed by atoms with Crippen molar-refractivity contribution in [3.8, 4) is 11.5 Å². The molecule has 0 fully saturated rings. The van der Waals surface area contributed by atoms with Crippen molar-refractivity contribution in [3.63, 3.8) is 0 Å². The molecule has 0 unspecified atom stereocenters. The Balaban J connectivity index is 1.27. The number of fused-ring (bicyclic) bond motifs is 4. The van der Waals surface area contributed by atoms with Gasteiger partial charge in [0.2, 0.25) is 5.89 Å². The number of hydrogen-bond acceptors (Lipinski definition) is 5. The van der Waals surface area contributed by atoms with Crippen LogP contribution in [0.2, 0.25) is 0 Å². The monoisotopic (exact) mass is 583 g/mol. The van der Waals surface area contributed by atoms with Gasteiger partial charge in [0.05, 0.1) is 11.4 Å². The van der Waals surface area contributed by atoms with Gasteiger partial charge in [-0.05, 0) is 45.0 Å². The third-order valence-corrected chi connectivity index (χ3v) is 13.5. The Morgan fingerprint density at radius 3 is 1.55 bits per heavy atom. The van der Waals surface area contributed by atoms with Gasteiger partial charge in [0.25, 0.3) is 0 Å². The number of nitrogens with zero attached hydrogens (tertiary/aromatic N) is 3. The van der Waals surface area contributed by atoms with Crippen LogP contribution in [-0.4, -0.2) is 18.0 Å². The van der Waals surface area contributed by atoms with E-state index in [2.05, 4.69) is 114 Å². The van der Waals surface area contributed by atoms with Gasteiger partial charge in [-0.2, -0.15) is 4.98 Å². The first kappa shape index (κ1) is 24.8. The van der Waals surface area contributed by atoms with Gasteiger partial charge in [-0.1, -0.05) is 115 Å². The van der Waals surface area contributed by atoms with E-state index in [1.165, 1.54) is 20.7 Å². The lowest BCUT2D eigenvalue weighted by atomic mass is 10.2. The highest BCUT2D eigenvalue weighted by Crippen LogP contribution is 2.39. The molecule has 8 aromatic rings. The molecule has 1 aliphatic heterocycles. The van der Waals surface area contributed by atoms with Gasteiger partial charge in [0.1, 0.15) is 11.0 Å². The summed E-state index contributed by atoms with van der Waals surface area (Å²) >= 11 is 0. The molecule has 0 aliphatic carbocycles. The Bertz CT molecular complexity index is 2160. The fourth-order valence-electron chi connectivity index (χ4n) is 6.75. The maximum absolute atomic E-state index is 6.57. The molecule has 0 amide bonds. The van der Waals surface area contributed by atoms with Gasteiger partial charge in [-0.15, -0.1) is 0 Å². The van der Waals surface area contributed by atoms with E-state index < -0.39 is 8.07 Å². The van der Waals surface area contributed by atoms with Crippen LogP contribution in [0, 0.1) is 0 Å². The Morgan fingerprint density at radius 1 is 0.477 bits per heavy atom. The highest BCUT2D eigenvalue weighted by Gasteiger charge is 2.49. The summed E-state index contributed by atoms with van der Waals surface area (Å²) in [6.07, 6.45) is 0. The summed E-state index contributed by atoms with van der Waals surface area (Å²) in [4.78, 5) is 12.0. The summed E-state index contributed by atoms with van der Waals surface area (Å²) in [5.41, 5.74) is 5.87. The quantitative estimate of drug-likeness (QED) is 0.214. The fourth-order valence-corrected chi connectivity index (χ4v) is 11.9. The van der Waals surface area contributed by atoms with Crippen molar-refractivity contribution in [2.75, 3.05) is 4.90 Å². The minimum atomic E-state index is -2.69. The molecule has 0 N–H and O–H groups in total. The number of aromatic nitrogens is 2. The molecule has 6 heteroatoms. The van der Waals surface area contributed by atoms with Gasteiger partial charge in [-0.3, -0.25) is 4.90 Å². The van der Waals surface area contributed by atoms with Gasteiger partial charge in [0.15, 0.2) is 19.2 Å². The Morgan fingerprint density at radius 2 is 0.955 bits per heavy atom. The van der Waals surface area contributed by atoms with Gasteiger partial charge >= 0.3 is 6.01 Å². The number of benzene rings is 6.